The third-order valence-corrected chi connectivity index (χ3v) is 3.06. The average molecular weight is 348 g/mol. The van der Waals surface area contributed by atoms with Crippen LogP contribution in [0.4, 0.5) is 18.0 Å². The summed E-state index contributed by atoms with van der Waals surface area (Å²) in [5.74, 6) is -0.122. The number of nitrogens with zero attached hydrogens (tertiary/aromatic N) is 2. The molecule has 1 atom stereocenters. The minimum absolute atomic E-state index is 0.122. The number of hydrogen-bond acceptors (Lipinski definition) is 4. The van der Waals surface area contributed by atoms with Crippen LogP contribution in [-0.2, 0) is 4.74 Å². The van der Waals surface area contributed by atoms with Gasteiger partial charge in [-0.25, -0.2) is 9.78 Å². The first kappa shape index (κ1) is 20.1. The number of carbonyl (C=O) groups excluding carboxylic acids is 1. The number of ether oxygens (including phenoxy) is 2. The Bertz CT molecular complexity index is 539. The Morgan fingerprint density at radius 1 is 1.29 bits per heavy atom. The zero-order chi connectivity index (χ0) is 18.5. The van der Waals surface area contributed by atoms with Crippen molar-refractivity contribution in [3.63, 3.8) is 0 Å². The summed E-state index contributed by atoms with van der Waals surface area (Å²) in [5, 5.41) is 0. The molecule has 0 saturated carbocycles. The van der Waals surface area contributed by atoms with E-state index in [2.05, 4.69) is 9.72 Å². The molecule has 24 heavy (non-hydrogen) atoms. The second-order valence-electron chi connectivity index (χ2n) is 6.28. The molecule has 0 N–H and O–H groups in total. The van der Waals surface area contributed by atoms with Gasteiger partial charge in [0.15, 0.2) is 6.61 Å². The molecular formula is C16H23F3N2O3. The molecule has 0 saturated heterocycles. The number of rotatable bonds is 5. The summed E-state index contributed by atoms with van der Waals surface area (Å²) in [6.07, 6.45) is -3.48. The third-order valence-electron chi connectivity index (χ3n) is 3.06. The minimum Gasteiger partial charge on any atom is -0.468 e. The maximum atomic E-state index is 12.2. The molecule has 8 heteroatoms. The molecule has 1 rings (SSSR count). The summed E-state index contributed by atoms with van der Waals surface area (Å²) in [4.78, 5) is 17.6. The fourth-order valence-electron chi connectivity index (χ4n) is 1.94. The number of alkyl halides is 3. The number of aromatic nitrogens is 1. The maximum Gasteiger partial charge on any atom is 0.422 e. The predicted molar refractivity (Wildman–Crippen MR) is 82.8 cm³/mol. The molecule has 5 nitrogen and oxygen atoms in total. The van der Waals surface area contributed by atoms with E-state index in [0.717, 1.165) is 0 Å². The van der Waals surface area contributed by atoms with Crippen LogP contribution in [0.5, 0.6) is 5.88 Å². The van der Waals surface area contributed by atoms with E-state index >= 15 is 0 Å². The highest BCUT2D eigenvalue weighted by Gasteiger charge is 2.29. The van der Waals surface area contributed by atoms with Crippen LogP contribution in [-0.4, -0.2) is 40.9 Å². The van der Waals surface area contributed by atoms with E-state index in [9.17, 15) is 18.0 Å². The first-order valence-electron chi connectivity index (χ1n) is 7.58. The van der Waals surface area contributed by atoms with Gasteiger partial charge in [0.25, 0.3) is 0 Å². The molecule has 0 aromatic carbocycles. The quantitative estimate of drug-likeness (QED) is 0.794. The fraction of sp³-hybridized carbons (Fsp3) is 0.625. The number of hydrogen-bond donors (Lipinski definition) is 0. The molecule has 1 amide bonds. The normalized spacial score (nSPS) is 13.3. The van der Waals surface area contributed by atoms with E-state index in [0.29, 0.717) is 12.1 Å². The van der Waals surface area contributed by atoms with Gasteiger partial charge in [-0.2, -0.15) is 13.2 Å². The van der Waals surface area contributed by atoms with Crippen LogP contribution < -0.4 is 4.74 Å². The molecule has 0 bridgehead atoms. The Morgan fingerprint density at radius 3 is 2.33 bits per heavy atom. The summed E-state index contributed by atoms with van der Waals surface area (Å²) in [6, 6.07) is 2.59. The molecule has 0 aliphatic rings. The highest BCUT2D eigenvalue weighted by Crippen LogP contribution is 2.24. The lowest BCUT2D eigenvalue weighted by Crippen LogP contribution is -2.38. The van der Waals surface area contributed by atoms with Gasteiger partial charge in [0.05, 0.1) is 6.04 Å². The van der Waals surface area contributed by atoms with Crippen molar-refractivity contribution in [2.45, 2.75) is 52.4 Å². The van der Waals surface area contributed by atoms with E-state index in [1.165, 1.54) is 17.2 Å². The lowest BCUT2D eigenvalue weighted by Gasteiger charge is -2.31. The minimum atomic E-state index is -4.41. The molecule has 136 valence electrons. The largest absolute Gasteiger partial charge is 0.468 e. The number of amides is 1. The predicted octanol–water partition coefficient (Wildman–Crippen LogP) is 4.34. The molecule has 0 spiro atoms. The highest BCUT2D eigenvalue weighted by atomic mass is 19.4. The van der Waals surface area contributed by atoms with Crippen LogP contribution >= 0.6 is 0 Å². The van der Waals surface area contributed by atoms with E-state index < -0.39 is 24.5 Å². The third kappa shape index (κ3) is 6.64. The molecular weight excluding hydrogens is 325 g/mol. The van der Waals surface area contributed by atoms with Crippen molar-refractivity contribution in [2.24, 2.45) is 0 Å². The van der Waals surface area contributed by atoms with Crippen LogP contribution in [0.2, 0.25) is 0 Å². The topological polar surface area (TPSA) is 51.7 Å². The van der Waals surface area contributed by atoms with Gasteiger partial charge in [0.2, 0.25) is 5.88 Å². The van der Waals surface area contributed by atoms with Crippen LogP contribution in [0.3, 0.4) is 0 Å². The van der Waals surface area contributed by atoms with E-state index in [1.54, 1.807) is 33.8 Å². The Balaban J connectivity index is 2.78. The standard InChI is InChI=1S/C16H23F3N2O3/c1-6-21(14(22)24-15(3,4)5)11(2)12-7-8-13(20-9-12)23-10-16(17,18)19/h7-9,11H,6,10H2,1-5H3. The Hall–Kier alpha value is -1.99. The fourth-order valence-corrected chi connectivity index (χ4v) is 1.94. The SMILES string of the molecule is CCN(C(=O)OC(C)(C)C)C(C)c1ccc(OCC(F)(F)F)nc1. The van der Waals surface area contributed by atoms with Crippen LogP contribution in [0.1, 0.15) is 46.2 Å². The molecule has 1 aromatic heterocycles. The maximum absolute atomic E-state index is 12.2. The smallest absolute Gasteiger partial charge is 0.422 e. The van der Waals surface area contributed by atoms with Gasteiger partial charge in [-0.15, -0.1) is 0 Å². The van der Waals surface area contributed by atoms with Crippen LogP contribution in [0, 0.1) is 0 Å². The van der Waals surface area contributed by atoms with Crippen molar-refractivity contribution in [3.8, 4) is 5.88 Å². The van der Waals surface area contributed by atoms with E-state index in [-0.39, 0.29) is 11.9 Å². The summed E-state index contributed by atoms with van der Waals surface area (Å²) >= 11 is 0. The first-order chi connectivity index (χ1) is 10.9. The van der Waals surface area contributed by atoms with Gasteiger partial charge in [-0.3, -0.25) is 0 Å². The number of pyridine rings is 1. The molecule has 0 aliphatic carbocycles. The van der Waals surface area contributed by atoms with Crippen molar-refractivity contribution in [1.82, 2.24) is 9.88 Å². The van der Waals surface area contributed by atoms with Crippen LogP contribution in [0.25, 0.3) is 0 Å². The highest BCUT2D eigenvalue weighted by molar-refractivity contribution is 5.68. The summed E-state index contributed by atoms with van der Waals surface area (Å²) in [7, 11) is 0. The van der Waals surface area contributed by atoms with Gasteiger partial charge >= 0.3 is 12.3 Å². The summed E-state index contributed by atoms with van der Waals surface area (Å²) in [5.41, 5.74) is 0.0553. The van der Waals surface area contributed by atoms with Gasteiger partial charge in [0, 0.05) is 18.8 Å². The van der Waals surface area contributed by atoms with Crippen LogP contribution in [0.15, 0.2) is 18.3 Å². The number of carbonyl (C=O) groups is 1. The lowest BCUT2D eigenvalue weighted by atomic mass is 10.1. The van der Waals surface area contributed by atoms with Crippen molar-refractivity contribution >= 4 is 6.09 Å². The van der Waals surface area contributed by atoms with Gasteiger partial charge in [-0.1, -0.05) is 6.07 Å². The Kier molecular flexibility index (Phi) is 6.45. The Labute approximate surface area is 139 Å². The molecule has 1 unspecified atom stereocenters. The second-order valence-corrected chi connectivity index (χ2v) is 6.28. The lowest BCUT2D eigenvalue weighted by molar-refractivity contribution is -0.154. The van der Waals surface area contributed by atoms with Crippen molar-refractivity contribution < 1.29 is 27.4 Å². The molecule has 0 aliphatic heterocycles. The Morgan fingerprint density at radius 2 is 1.92 bits per heavy atom. The zero-order valence-corrected chi connectivity index (χ0v) is 14.5. The van der Waals surface area contributed by atoms with E-state index in [1.807, 2.05) is 6.92 Å². The molecule has 0 radical (unpaired) electrons. The van der Waals surface area contributed by atoms with Gasteiger partial charge in [0.1, 0.15) is 5.60 Å². The monoisotopic (exact) mass is 348 g/mol. The van der Waals surface area contributed by atoms with Crippen molar-refractivity contribution in [2.75, 3.05) is 13.2 Å². The molecule has 0 fully saturated rings. The average Bonchev–Trinajstić information content (AvgIpc) is 2.43. The molecule has 1 heterocycles. The summed E-state index contributed by atoms with van der Waals surface area (Å²) in [6.45, 7) is 7.96. The van der Waals surface area contributed by atoms with Crippen molar-refractivity contribution in [3.05, 3.63) is 23.9 Å². The van der Waals surface area contributed by atoms with Crippen molar-refractivity contribution in [1.29, 1.82) is 0 Å². The number of halogens is 3. The van der Waals surface area contributed by atoms with Gasteiger partial charge in [-0.05, 0) is 40.2 Å². The van der Waals surface area contributed by atoms with E-state index in [4.69, 9.17) is 4.74 Å². The molecule has 1 aromatic rings. The zero-order valence-electron chi connectivity index (χ0n) is 14.5. The second kappa shape index (κ2) is 7.72. The first-order valence-corrected chi connectivity index (χ1v) is 7.58. The summed E-state index contributed by atoms with van der Waals surface area (Å²) < 4.78 is 46.3. The van der Waals surface area contributed by atoms with Gasteiger partial charge < -0.3 is 14.4 Å².